The zero-order valence-electron chi connectivity index (χ0n) is 16.0. The Morgan fingerprint density at radius 3 is 2.72 bits per heavy atom. The predicted octanol–water partition coefficient (Wildman–Crippen LogP) is 4.65. The number of carbonyl (C=O) groups is 1. The smallest absolute Gasteiger partial charge is 0.161 e. The van der Waals surface area contributed by atoms with Crippen molar-refractivity contribution in [2.24, 2.45) is 5.73 Å². The topological polar surface area (TPSA) is 79.3 Å². The molecule has 1 aliphatic carbocycles. The molecule has 0 unspecified atom stereocenters. The summed E-state index contributed by atoms with van der Waals surface area (Å²) >= 11 is 6.20. The standard InChI is InChI=1S/C23H20ClN3O2/c1-29-17-8-2-5-14(11-17)21-18(13-25)23(26)27(16-7-3-6-15(24)12-16)19-9-4-10-20(28)22(19)21/h2-3,5-8,11-12,21H,4,9-10,26H2,1H3/t21-/m0/s1. The summed E-state index contributed by atoms with van der Waals surface area (Å²) in [6.45, 7) is 0. The lowest BCUT2D eigenvalue weighted by atomic mass is 9.75. The molecule has 6 heteroatoms. The van der Waals surface area contributed by atoms with E-state index in [1.165, 1.54) is 0 Å². The Bertz CT molecular complexity index is 1100. The SMILES string of the molecule is COc1cccc([C@H]2C(C#N)=C(N)N(c3cccc(Cl)c3)C3=C2C(=O)CCC3)c1. The van der Waals surface area contributed by atoms with E-state index in [0.717, 1.165) is 23.4 Å². The number of nitriles is 1. The number of rotatable bonds is 3. The van der Waals surface area contributed by atoms with Crippen molar-refractivity contribution < 1.29 is 9.53 Å². The Morgan fingerprint density at radius 1 is 1.21 bits per heavy atom. The van der Waals surface area contributed by atoms with E-state index in [1.807, 2.05) is 41.3 Å². The highest BCUT2D eigenvalue weighted by Crippen LogP contribution is 2.46. The first-order valence-corrected chi connectivity index (χ1v) is 9.78. The lowest BCUT2D eigenvalue weighted by molar-refractivity contribution is -0.116. The van der Waals surface area contributed by atoms with E-state index in [0.29, 0.717) is 40.6 Å². The van der Waals surface area contributed by atoms with E-state index in [2.05, 4.69) is 6.07 Å². The van der Waals surface area contributed by atoms with Crippen molar-refractivity contribution in [2.45, 2.75) is 25.2 Å². The number of nitrogens with two attached hydrogens (primary N) is 1. The van der Waals surface area contributed by atoms with E-state index in [4.69, 9.17) is 22.1 Å². The van der Waals surface area contributed by atoms with Crippen molar-refractivity contribution in [1.82, 2.24) is 0 Å². The van der Waals surface area contributed by atoms with E-state index >= 15 is 0 Å². The number of methoxy groups -OCH3 is 1. The van der Waals surface area contributed by atoms with Gasteiger partial charge >= 0.3 is 0 Å². The van der Waals surface area contributed by atoms with Crippen molar-refractivity contribution in [2.75, 3.05) is 12.0 Å². The molecule has 0 bridgehead atoms. The zero-order chi connectivity index (χ0) is 20.5. The maximum absolute atomic E-state index is 13.1. The van der Waals surface area contributed by atoms with Crippen LogP contribution in [0.1, 0.15) is 30.7 Å². The normalized spacial score (nSPS) is 19.1. The fraction of sp³-hybridized carbons (Fsp3) is 0.217. The van der Waals surface area contributed by atoms with Gasteiger partial charge in [0.2, 0.25) is 0 Å². The number of hydrogen-bond donors (Lipinski definition) is 1. The molecule has 1 atom stereocenters. The average Bonchev–Trinajstić information content (AvgIpc) is 2.73. The minimum atomic E-state index is -0.506. The summed E-state index contributed by atoms with van der Waals surface area (Å²) in [7, 11) is 1.59. The quantitative estimate of drug-likeness (QED) is 0.803. The van der Waals surface area contributed by atoms with Gasteiger partial charge in [0.25, 0.3) is 0 Å². The monoisotopic (exact) mass is 405 g/mol. The molecule has 0 spiro atoms. The molecule has 2 aromatic rings. The Morgan fingerprint density at radius 2 is 2.00 bits per heavy atom. The van der Waals surface area contributed by atoms with Crippen molar-refractivity contribution in [1.29, 1.82) is 5.26 Å². The number of ketones is 1. The van der Waals surface area contributed by atoms with E-state index in [9.17, 15) is 10.1 Å². The number of Topliss-reactive ketones (excluding diaryl/α,β-unsaturated/α-hetero) is 1. The van der Waals surface area contributed by atoms with Gasteiger partial charge in [-0.15, -0.1) is 0 Å². The molecule has 0 amide bonds. The molecule has 29 heavy (non-hydrogen) atoms. The van der Waals surface area contributed by atoms with Gasteiger partial charge < -0.3 is 10.5 Å². The largest absolute Gasteiger partial charge is 0.497 e. The molecule has 2 aliphatic rings. The van der Waals surface area contributed by atoms with Gasteiger partial charge in [-0.3, -0.25) is 9.69 Å². The Balaban J connectivity index is 1.97. The molecule has 0 aromatic heterocycles. The van der Waals surface area contributed by atoms with Crippen LogP contribution in [0.15, 0.2) is 71.2 Å². The van der Waals surface area contributed by atoms with Crippen molar-refractivity contribution in [3.63, 3.8) is 0 Å². The molecule has 5 nitrogen and oxygen atoms in total. The third kappa shape index (κ3) is 3.26. The average molecular weight is 406 g/mol. The number of hydrogen-bond acceptors (Lipinski definition) is 5. The molecule has 0 radical (unpaired) electrons. The van der Waals surface area contributed by atoms with Crippen LogP contribution in [-0.4, -0.2) is 12.9 Å². The van der Waals surface area contributed by atoms with Gasteiger partial charge in [0.15, 0.2) is 5.78 Å². The Hall–Kier alpha value is -3.23. The molecule has 1 heterocycles. The van der Waals surface area contributed by atoms with Crippen LogP contribution >= 0.6 is 11.6 Å². The van der Waals surface area contributed by atoms with Gasteiger partial charge in [-0.1, -0.05) is 29.8 Å². The van der Waals surface area contributed by atoms with Crippen molar-refractivity contribution in [3.8, 4) is 11.8 Å². The predicted molar refractivity (Wildman–Crippen MR) is 112 cm³/mol. The van der Waals surface area contributed by atoms with Crippen LogP contribution < -0.4 is 15.4 Å². The highest BCUT2D eigenvalue weighted by molar-refractivity contribution is 6.30. The van der Waals surface area contributed by atoms with Crippen LogP contribution in [0.4, 0.5) is 5.69 Å². The highest BCUT2D eigenvalue weighted by atomic mass is 35.5. The van der Waals surface area contributed by atoms with Crippen LogP contribution in [0.25, 0.3) is 0 Å². The number of carbonyl (C=O) groups excluding carboxylic acids is 1. The second kappa shape index (κ2) is 7.65. The number of halogens is 1. The van der Waals surface area contributed by atoms with Crippen LogP contribution in [0, 0.1) is 11.3 Å². The Kier molecular flexibility index (Phi) is 5.04. The van der Waals surface area contributed by atoms with Crippen LogP contribution in [0.3, 0.4) is 0 Å². The summed E-state index contributed by atoms with van der Waals surface area (Å²) < 4.78 is 5.35. The molecule has 4 rings (SSSR count). The number of anilines is 1. The molecule has 0 saturated carbocycles. The number of nitrogens with zero attached hydrogens (tertiary/aromatic N) is 2. The summed E-state index contributed by atoms with van der Waals surface area (Å²) in [5.41, 5.74) is 9.92. The van der Waals surface area contributed by atoms with E-state index in [1.54, 1.807) is 19.2 Å². The maximum Gasteiger partial charge on any atom is 0.161 e. The van der Waals surface area contributed by atoms with Gasteiger partial charge in [-0.25, -0.2) is 0 Å². The maximum atomic E-state index is 13.1. The minimum Gasteiger partial charge on any atom is -0.497 e. The van der Waals surface area contributed by atoms with Crippen LogP contribution in [0.2, 0.25) is 5.02 Å². The van der Waals surface area contributed by atoms with Gasteiger partial charge in [-0.05, 0) is 48.7 Å². The Labute approximate surface area is 174 Å². The summed E-state index contributed by atoms with van der Waals surface area (Å²) in [5.74, 6) is 0.539. The zero-order valence-corrected chi connectivity index (χ0v) is 16.7. The molecule has 2 N–H and O–H groups in total. The second-order valence-electron chi connectivity index (χ2n) is 7.07. The van der Waals surface area contributed by atoms with Gasteiger partial charge in [0.05, 0.1) is 24.7 Å². The molecule has 146 valence electrons. The fourth-order valence-electron chi connectivity index (χ4n) is 4.15. The first-order chi connectivity index (χ1) is 14.0. The molecule has 1 aliphatic heterocycles. The highest BCUT2D eigenvalue weighted by Gasteiger charge is 2.40. The van der Waals surface area contributed by atoms with Gasteiger partial charge in [0, 0.05) is 28.4 Å². The molecular formula is C23H20ClN3O2. The van der Waals surface area contributed by atoms with Crippen molar-refractivity contribution in [3.05, 3.63) is 81.8 Å². The summed E-state index contributed by atoms with van der Waals surface area (Å²) in [4.78, 5) is 14.9. The third-order valence-corrected chi connectivity index (χ3v) is 5.64. The lowest BCUT2D eigenvalue weighted by Crippen LogP contribution is -2.38. The van der Waals surface area contributed by atoms with Gasteiger partial charge in [-0.2, -0.15) is 5.26 Å². The number of ether oxygens (including phenoxy) is 1. The lowest BCUT2D eigenvalue weighted by Gasteiger charge is -2.39. The summed E-state index contributed by atoms with van der Waals surface area (Å²) in [6.07, 6.45) is 1.91. The van der Waals surface area contributed by atoms with E-state index in [-0.39, 0.29) is 5.78 Å². The minimum absolute atomic E-state index is 0.0475. The number of benzene rings is 2. The molecular weight excluding hydrogens is 386 g/mol. The molecule has 0 fully saturated rings. The second-order valence-corrected chi connectivity index (χ2v) is 7.51. The number of allylic oxidation sites excluding steroid dienone is 3. The molecule has 2 aromatic carbocycles. The third-order valence-electron chi connectivity index (χ3n) is 5.41. The van der Waals surface area contributed by atoms with E-state index < -0.39 is 5.92 Å². The van der Waals surface area contributed by atoms with Crippen LogP contribution in [0.5, 0.6) is 5.75 Å². The van der Waals surface area contributed by atoms with Crippen LogP contribution in [-0.2, 0) is 4.79 Å². The van der Waals surface area contributed by atoms with Crippen molar-refractivity contribution >= 4 is 23.1 Å². The first-order valence-electron chi connectivity index (χ1n) is 9.40. The summed E-state index contributed by atoms with van der Waals surface area (Å²) in [5, 5.41) is 10.6. The molecule has 0 saturated heterocycles. The summed E-state index contributed by atoms with van der Waals surface area (Å²) in [6, 6.07) is 17.0. The fourth-order valence-corrected chi connectivity index (χ4v) is 4.34. The first kappa shape index (κ1) is 19.1. The van der Waals surface area contributed by atoms with Gasteiger partial charge in [0.1, 0.15) is 11.6 Å².